The van der Waals surface area contributed by atoms with Crippen molar-refractivity contribution in [2.24, 2.45) is 5.92 Å². The Morgan fingerprint density at radius 2 is 2.19 bits per heavy atom. The number of aliphatic hydroxyl groups is 2. The molecule has 3 rings (SSSR count). The molecule has 0 bridgehead atoms. The van der Waals surface area contributed by atoms with E-state index >= 15 is 0 Å². The Morgan fingerprint density at radius 3 is 2.81 bits per heavy atom. The highest BCUT2D eigenvalue weighted by molar-refractivity contribution is 6.28. The van der Waals surface area contributed by atoms with Crippen LogP contribution in [0.1, 0.15) is 19.6 Å². The van der Waals surface area contributed by atoms with Gasteiger partial charge in [0.1, 0.15) is 23.3 Å². The zero-order valence-corrected chi connectivity index (χ0v) is 12.3. The zero-order chi connectivity index (χ0) is 15.2. The van der Waals surface area contributed by atoms with Gasteiger partial charge in [-0.05, 0) is 30.0 Å². The molecule has 0 saturated carbocycles. The smallest absolute Gasteiger partial charge is 0.226 e. The van der Waals surface area contributed by atoms with Gasteiger partial charge in [-0.25, -0.2) is 4.98 Å². The zero-order valence-electron chi connectivity index (χ0n) is 11.5. The summed E-state index contributed by atoms with van der Waals surface area (Å²) in [6.07, 6.45) is 2.10. The standard InChI is InChI=1S/C13H17ClN4O3/c1-7-4-9(21-13(7,5-19)6-20)18-3-2-8-10(15)16-12(14)17-11(8)18/h2-3,7,9,19-20H,4-6H2,1H3,(H2,15,16,17)/t7-,9+/m0/s1. The highest BCUT2D eigenvalue weighted by Crippen LogP contribution is 2.42. The van der Waals surface area contributed by atoms with E-state index in [-0.39, 0.29) is 30.6 Å². The summed E-state index contributed by atoms with van der Waals surface area (Å²) < 4.78 is 7.72. The molecule has 0 aliphatic carbocycles. The number of aliphatic hydroxyl groups excluding tert-OH is 2. The average Bonchev–Trinajstić information content (AvgIpc) is 3.00. The summed E-state index contributed by atoms with van der Waals surface area (Å²) in [5, 5.41) is 19.9. The third-order valence-electron chi connectivity index (χ3n) is 4.24. The van der Waals surface area contributed by atoms with Crippen molar-refractivity contribution < 1.29 is 14.9 Å². The monoisotopic (exact) mass is 312 g/mol. The van der Waals surface area contributed by atoms with Gasteiger partial charge in [-0.3, -0.25) is 0 Å². The average molecular weight is 313 g/mol. The number of halogens is 1. The van der Waals surface area contributed by atoms with Gasteiger partial charge in [0, 0.05) is 6.20 Å². The van der Waals surface area contributed by atoms with Crippen LogP contribution >= 0.6 is 11.6 Å². The Labute approximate surface area is 126 Å². The van der Waals surface area contributed by atoms with Gasteiger partial charge < -0.3 is 25.3 Å². The number of nitrogens with zero attached hydrogens (tertiary/aromatic N) is 3. The van der Waals surface area contributed by atoms with E-state index < -0.39 is 5.60 Å². The number of nitrogen functional groups attached to an aromatic ring is 1. The first-order chi connectivity index (χ1) is 10.0. The van der Waals surface area contributed by atoms with Crippen molar-refractivity contribution in [1.82, 2.24) is 14.5 Å². The molecule has 0 unspecified atom stereocenters. The van der Waals surface area contributed by atoms with E-state index in [1.807, 2.05) is 11.5 Å². The summed E-state index contributed by atoms with van der Waals surface area (Å²) in [7, 11) is 0. The summed E-state index contributed by atoms with van der Waals surface area (Å²) >= 11 is 5.86. The molecule has 0 aromatic carbocycles. The molecule has 2 aromatic rings. The number of ether oxygens (including phenoxy) is 1. The second-order valence-electron chi connectivity index (χ2n) is 5.43. The minimum atomic E-state index is -0.941. The summed E-state index contributed by atoms with van der Waals surface area (Å²) in [6.45, 7) is 1.46. The van der Waals surface area contributed by atoms with Crippen molar-refractivity contribution in [3.8, 4) is 0 Å². The molecule has 21 heavy (non-hydrogen) atoms. The van der Waals surface area contributed by atoms with Crippen molar-refractivity contribution >= 4 is 28.5 Å². The lowest BCUT2D eigenvalue weighted by Crippen LogP contribution is -2.42. The summed E-state index contributed by atoms with van der Waals surface area (Å²) in [4.78, 5) is 8.11. The molecule has 2 aromatic heterocycles. The first kappa shape index (κ1) is 14.5. The fourth-order valence-electron chi connectivity index (χ4n) is 2.82. The molecule has 3 heterocycles. The van der Waals surface area contributed by atoms with Gasteiger partial charge in [0.2, 0.25) is 5.28 Å². The molecule has 8 heteroatoms. The second kappa shape index (κ2) is 5.10. The van der Waals surface area contributed by atoms with Crippen LogP contribution in [-0.4, -0.2) is 43.6 Å². The molecular weight excluding hydrogens is 296 g/mol. The predicted molar refractivity (Wildman–Crippen MR) is 77.8 cm³/mol. The van der Waals surface area contributed by atoms with E-state index in [4.69, 9.17) is 22.1 Å². The lowest BCUT2D eigenvalue weighted by Gasteiger charge is -2.28. The van der Waals surface area contributed by atoms with Crippen molar-refractivity contribution in [2.45, 2.75) is 25.2 Å². The van der Waals surface area contributed by atoms with Crippen LogP contribution in [0.4, 0.5) is 5.82 Å². The first-order valence-electron chi connectivity index (χ1n) is 6.70. The van der Waals surface area contributed by atoms with Crippen LogP contribution in [0, 0.1) is 5.92 Å². The molecule has 114 valence electrons. The Bertz CT molecular complexity index is 671. The van der Waals surface area contributed by atoms with E-state index in [1.54, 1.807) is 12.3 Å². The molecular formula is C13H17ClN4O3. The SMILES string of the molecule is C[C@H]1C[C@H](n2ccc3c(N)nc(Cl)nc32)OC1(CO)CO. The van der Waals surface area contributed by atoms with Crippen molar-refractivity contribution in [3.05, 3.63) is 17.5 Å². The number of fused-ring (bicyclic) bond motifs is 1. The predicted octanol–water partition coefficient (Wildman–Crippen LogP) is 0.945. The number of aromatic nitrogens is 3. The van der Waals surface area contributed by atoms with E-state index in [0.29, 0.717) is 23.3 Å². The molecule has 0 spiro atoms. The topological polar surface area (TPSA) is 106 Å². The normalized spacial score (nSPS) is 24.8. The number of anilines is 1. The Balaban J connectivity index is 2.03. The van der Waals surface area contributed by atoms with Gasteiger partial charge in [0.15, 0.2) is 0 Å². The lowest BCUT2D eigenvalue weighted by atomic mass is 9.90. The van der Waals surface area contributed by atoms with Crippen LogP contribution in [0.15, 0.2) is 12.3 Å². The minimum absolute atomic E-state index is 0.00426. The molecule has 1 aliphatic rings. The highest BCUT2D eigenvalue weighted by Gasteiger charge is 2.46. The van der Waals surface area contributed by atoms with Gasteiger partial charge in [-0.2, -0.15) is 4.98 Å². The molecule has 2 atom stereocenters. The number of hydrogen-bond donors (Lipinski definition) is 3. The summed E-state index contributed by atoms with van der Waals surface area (Å²) in [5.74, 6) is 0.315. The largest absolute Gasteiger partial charge is 0.393 e. The lowest BCUT2D eigenvalue weighted by molar-refractivity contribution is -0.132. The summed E-state index contributed by atoms with van der Waals surface area (Å²) in [5.41, 5.74) is 5.47. The molecule has 0 amide bonds. The minimum Gasteiger partial charge on any atom is -0.393 e. The molecule has 0 radical (unpaired) electrons. The van der Waals surface area contributed by atoms with Gasteiger partial charge in [0.05, 0.1) is 18.6 Å². The van der Waals surface area contributed by atoms with Crippen molar-refractivity contribution in [2.75, 3.05) is 18.9 Å². The van der Waals surface area contributed by atoms with Crippen molar-refractivity contribution in [1.29, 1.82) is 0 Å². The van der Waals surface area contributed by atoms with Gasteiger partial charge >= 0.3 is 0 Å². The number of nitrogens with two attached hydrogens (primary N) is 1. The van der Waals surface area contributed by atoms with Crippen LogP contribution in [0.3, 0.4) is 0 Å². The van der Waals surface area contributed by atoms with Gasteiger partial charge in [-0.15, -0.1) is 0 Å². The second-order valence-corrected chi connectivity index (χ2v) is 5.77. The molecule has 7 nitrogen and oxygen atoms in total. The summed E-state index contributed by atoms with van der Waals surface area (Å²) in [6, 6.07) is 1.80. The fourth-order valence-corrected chi connectivity index (χ4v) is 2.99. The maximum Gasteiger partial charge on any atom is 0.226 e. The Kier molecular flexibility index (Phi) is 3.53. The molecule has 1 saturated heterocycles. The molecule has 1 fully saturated rings. The number of hydrogen-bond acceptors (Lipinski definition) is 6. The van der Waals surface area contributed by atoms with E-state index in [9.17, 15) is 10.2 Å². The van der Waals surface area contributed by atoms with Crippen LogP contribution in [0.2, 0.25) is 5.28 Å². The Morgan fingerprint density at radius 1 is 1.48 bits per heavy atom. The third kappa shape index (κ3) is 2.17. The maximum atomic E-state index is 9.54. The molecule has 1 aliphatic heterocycles. The van der Waals surface area contributed by atoms with Gasteiger partial charge in [0.25, 0.3) is 0 Å². The van der Waals surface area contributed by atoms with Crippen molar-refractivity contribution in [3.63, 3.8) is 0 Å². The van der Waals surface area contributed by atoms with Crippen LogP contribution < -0.4 is 5.73 Å². The third-order valence-corrected chi connectivity index (χ3v) is 4.41. The van der Waals surface area contributed by atoms with Gasteiger partial charge in [-0.1, -0.05) is 6.92 Å². The van der Waals surface area contributed by atoms with E-state index in [2.05, 4.69) is 9.97 Å². The van der Waals surface area contributed by atoms with Crippen LogP contribution in [0.25, 0.3) is 11.0 Å². The van der Waals surface area contributed by atoms with E-state index in [1.165, 1.54) is 0 Å². The quantitative estimate of drug-likeness (QED) is 0.728. The maximum absolute atomic E-state index is 9.54. The highest BCUT2D eigenvalue weighted by atomic mass is 35.5. The molecule has 4 N–H and O–H groups in total. The first-order valence-corrected chi connectivity index (χ1v) is 7.07. The van der Waals surface area contributed by atoms with Crippen LogP contribution in [-0.2, 0) is 4.74 Å². The van der Waals surface area contributed by atoms with Crippen LogP contribution in [0.5, 0.6) is 0 Å². The van der Waals surface area contributed by atoms with E-state index in [0.717, 1.165) is 0 Å². The number of rotatable bonds is 3. The Hall–Kier alpha value is -1.41. The fraction of sp³-hybridized carbons (Fsp3) is 0.538.